The van der Waals surface area contributed by atoms with Gasteiger partial charge in [0.25, 0.3) is 0 Å². The van der Waals surface area contributed by atoms with E-state index >= 15 is 0 Å². The smallest absolute Gasteiger partial charge is 0.306 e. The fourth-order valence-electron chi connectivity index (χ4n) is 10.6. The lowest BCUT2D eigenvalue weighted by molar-refractivity contribution is -0.332. The van der Waals surface area contributed by atoms with Gasteiger partial charge in [0.15, 0.2) is 12.6 Å². The Morgan fingerprint density at radius 1 is 0.410 bits per heavy atom. The highest BCUT2D eigenvalue weighted by molar-refractivity contribution is 5.69. The zero-order valence-corrected chi connectivity index (χ0v) is 52.4. The molecule has 14 heteroatoms. The van der Waals surface area contributed by atoms with Gasteiger partial charge in [0.2, 0.25) is 0 Å². The lowest BCUT2D eigenvalue weighted by Crippen LogP contribution is -2.61. The molecule has 14 nitrogen and oxygen atoms in total. The van der Waals surface area contributed by atoms with Crippen LogP contribution in [0.15, 0.2) is 60.8 Å². The highest BCUT2D eigenvalue weighted by atomic mass is 16.7. The van der Waals surface area contributed by atoms with Crippen molar-refractivity contribution in [2.45, 2.75) is 338 Å². The maximum Gasteiger partial charge on any atom is 0.306 e. The quantitative estimate of drug-likeness (QED) is 0.0171. The van der Waals surface area contributed by atoms with E-state index in [2.05, 4.69) is 74.6 Å². The van der Waals surface area contributed by atoms with Gasteiger partial charge in [-0.15, -0.1) is 0 Å². The zero-order chi connectivity index (χ0) is 60.1. The van der Waals surface area contributed by atoms with E-state index in [9.17, 15) is 40.5 Å². The first-order valence-corrected chi connectivity index (χ1v) is 33.9. The molecule has 2 saturated heterocycles. The third kappa shape index (κ3) is 40.7. The van der Waals surface area contributed by atoms with E-state index < -0.39 is 80.7 Å². The molecule has 484 valence electrons. The molecule has 11 atom stereocenters. The molecule has 0 aromatic heterocycles. The average Bonchev–Trinajstić information content (AvgIpc) is 3.49. The number of carbonyl (C=O) groups excluding carboxylic acids is 1. The molecular weight excluding hydrogens is 1050 g/mol. The third-order valence-electron chi connectivity index (χ3n) is 16.0. The summed E-state index contributed by atoms with van der Waals surface area (Å²) in [6.07, 6.45) is 54.3. The number of rotatable bonds is 56. The number of hydrogen-bond donors (Lipinski definition) is 7. The van der Waals surface area contributed by atoms with Crippen LogP contribution in [0, 0.1) is 0 Å². The lowest BCUT2D eigenvalue weighted by atomic mass is 9.98. The Morgan fingerprint density at radius 3 is 1.24 bits per heavy atom. The molecule has 7 N–H and O–H groups in total. The summed E-state index contributed by atoms with van der Waals surface area (Å²) in [4.78, 5) is 13.1. The van der Waals surface area contributed by atoms with E-state index in [1.807, 2.05) is 0 Å². The van der Waals surface area contributed by atoms with Crippen LogP contribution in [0.2, 0.25) is 0 Å². The van der Waals surface area contributed by atoms with Gasteiger partial charge in [-0.05, 0) is 77.0 Å². The van der Waals surface area contributed by atoms with Crippen molar-refractivity contribution in [2.24, 2.45) is 0 Å². The van der Waals surface area contributed by atoms with Crippen LogP contribution in [0.25, 0.3) is 0 Å². The molecule has 83 heavy (non-hydrogen) atoms. The number of esters is 1. The Labute approximate surface area is 504 Å². The van der Waals surface area contributed by atoms with Crippen molar-refractivity contribution in [1.82, 2.24) is 0 Å². The van der Waals surface area contributed by atoms with Crippen molar-refractivity contribution < 1.29 is 69.0 Å². The van der Waals surface area contributed by atoms with Crippen molar-refractivity contribution in [1.29, 1.82) is 0 Å². The van der Waals surface area contributed by atoms with Crippen LogP contribution >= 0.6 is 0 Å². The predicted molar refractivity (Wildman–Crippen MR) is 335 cm³/mol. The van der Waals surface area contributed by atoms with Crippen LogP contribution < -0.4 is 0 Å². The summed E-state index contributed by atoms with van der Waals surface area (Å²) >= 11 is 0. The summed E-state index contributed by atoms with van der Waals surface area (Å²) < 4.78 is 34.5. The largest absolute Gasteiger partial charge is 0.457 e. The second kappa shape index (κ2) is 55.0. The fraction of sp³-hybridized carbons (Fsp3) is 0.841. The minimum absolute atomic E-state index is 0.0601. The number of aliphatic hydroxyl groups excluding tert-OH is 7. The summed E-state index contributed by atoms with van der Waals surface area (Å²) in [7, 11) is 0. The molecule has 0 bridgehead atoms. The molecule has 0 aromatic carbocycles. The van der Waals surface area contributed by atoms with Crippen molar-refractivity contribution in [3.63, 3.8) is 0 Å². The van der Waals surface area contributed by atoms with E-state index in [1.54, 1.807) is 0 Å². The molecule has 11 unspecified atom stereocenters. The van der Waals surface area contributed by atoms with E-state index in [1.165, 1.54) is 173 Å². The zero-order valence-electron chi connectivity index (χ0n) is 52.4. The summed E-state index contributed by atoms with van der Waals surface area (Å²) in [6.45, 7) is 3.62. The van der Waals surface area contributed by atoms with Crippen LogP contribution in [0.5, 0.6) is 0 Å². The summed E-state index contributed by atoms with van der Waals surface area (Å²) in [6, 6.07) is 0. The van der Waals surface area contributed by atoms with Gasteiger partial charge in [0, 0.05) is 13.0 Å². The first-order valence-electron chi connectivity index (χ1n) is 33.9. The van der Waals surface area contributed by atoms with Gasteiger partial charge in [-0.2, -0.15) is 0 Å². The molecule has 2 fully saturated rings. The Kier molecular flexibility index (Phi) is 50.9. The number of allylic oxidation sites excluding steroid dienone is 10. The Bertz CT molecular complexity index is 1600. The highest BCUT2D eigenvalue weighted by Crippen LogP contribution is 2.27. The predicted octanol–water partition coefficient (Wildman–Crippen LogP) is 14.0. The van der Waals surface area contributed by atoms with Gasteiger partial charge in [-0.3, -0.25) is 4.79 Å². The molecule has 0 aromatic rings. The van der Waals surface area contributed by atoms with Crippen molar-refractivity contribution >= 4 is 5.97 Å². The molecule has 2 aliphatic rings. The van der Waals surface area contributed by atoms with E-state index in [0.29, 0.717) is 13.0 Å². The van der Waals surface area contributed by atoms with Crippen molar-refractivity contribution in [3.05, 3.63) is 60.8 Å². The van der Waals surface area contributed by atoms with Crippen LogP contribution in [0.1, 0.15) is 271 Å². The van der Waals surface area contributed by atoms with Gasteiger partial charge >= 0.3 is 5.97 Å². The normalized spacial score (nSPS) is 23.8. The van der Waals surface area contributed by atoms with Crippen LogP contribution in [-0.2, 0) is 33.2 Å². The lowest BCUT2D eigenvalue weighted by Gasteiger charge is -2.42. The first-order chi connectivity index (χ1) is 40.6. The number of hydrogen-bond acceptors (Lipinski definition) is 14. The van der Waals surface area contributed by atoms with Crippen molar-refractivity contribution in [2.75, 3.05) is 33.0 Å². The van der Waals surface area contributed by atoms with Crippen molar-refractivity contribution in [3.8, 4) is 0 Å². The Hall–Kier alpha value is -2.31. The summed E-state index contributed by atoms with van der Waals surface area (Å²) in [5, 5.41) is 72.6. The number of unbranched alkanes of at least 4 members (excludes halogenated alkanes) is 32. The second-order valence-corrected chi connectivity index (χ2v) is 23.6. The molecule has 0 saturated carbocycles. The molecule has 2 rings (SSSR count). The SMILES string of the molecule is CC/C=C\C/C=C\C/C=C\C/C=C\CCCCCCCCCCCCC(=O)OC(COCCCCCCCCCCCCCCCC/C=C\CCCCCCCCCC)COC1OC(COC2OC(CO)C(O)C(O)C2O)C(O)C(O)C1O. The maximum atomic E-state index is 13.1. The van der Waals surface area contributed by atoms with E-state index in [-0.39, 0.29) is 25.6 Å². The third-order valence-corrected chi connectivity index (χ3v) is 16.0. The average molecular weight is 1180 g/mol. The number of aliphatic hydroxyl groups is 7. The molecule has 0 amide bonds. The second-order valence-electron chi connectivity index (χ2n) is 23.6. The van der Waals surface area contributed by atoms with E-state index in [0.717, 1.165) is 70.6 Å². The Balaban J connectivity index is 1.65. The monoisotopic (exact) mass is 1180 g/mol. The topological polar surface area (TPSA) is 214 Å². The van der Waals surface area contributed by atoms with Crippen LogP contribution in [0.3, 0.4) is 0 Å². The molecule has 0 spiro atoms. The number of ether oxygens (including phenoxy) is 6. The minimum atomic E-state index is -1.71. The molecule has 0 radical (unpaired) electrons. The fourth-order valence-corrected chi connectivity index (χ4v) is 10.6. The molecule has 2 heterocycles. The molecule has 2 aliphatic heterocycles. The van der Waals surface area contributed by atoms with Gasteiger partial charge in [-0.25, -0.2) is 0 Å². The van der Waals surface area contributed by atoms with Crippen LogP contribution in [-0.4, -0.2) is 142 Å². The van der Waals surface area contributed by atoms with Gasteiger partial charge in [-0.1, -0.05) is 248 Å². The molecule has 0 aliphatic carbocycles. The summed E-state index contributed by atoms with van der Waals surface area (Å²) in [5.41, 5.74) is 0. The van der Waals surface area contributed by atoms with Crippen LogP contribution in [0.4, 0.5) is 0 Å². The van der Waals surface area contributed by atoms with E-state index in [4.69, 9.17) is 28.4 Å². The van der Waals surface area contributed by atoms with Gasteiger partial charge in [0.1, 0.15) is 54.9 Å². The van der Waals surface area contributed by atoms with Gasteiger partial charge in [0.05, 0.1) is 26.4 Å². The molecular formula is C69H124O14. The first kappa shape index (κ1) is 76.8. The Morgan fingerprint density at radius 2 is 0.783 bits per heavy atom. The highest BCUT2D eigenvalue weighted by Gasteiger charge is 2.47. The minimum Gasteiger partial charge on any atom is -0.457 e. The number of carbonyl (C=O) groups is 1. The maximum absolute atomic E-state index is 13.1. The summed E-state index contributed by atoms with van der Waals surface area (Å²) in [5.74, 6) is -0.378. The standard InChI is InChI=1S/C69H124O14/c1-3-5-7-9-11-13-15-17-19-21-23-25-27-28-29-31-33-35-37-39-41-43-45-47-49-51-53-78-55-58(56-79-68-67(77)65(75)63(73)60(83-68)57-80-69-66(76)64(74)62(72)59(54-70)82-69)81-61(71)52-50-48-46-44-42-40-38-36-34-32-30-26-24-22-20-18-16-14-12-10-8-6-4-2/h6,8,12,14,18,20-21,23-24,26,58-60,62-70,72-77H,3-5,7,9-11,13,15-17,19,22,25,27-57H2,1-2H3/b8-6-,14-12-,20-18-,23-21-,26-24-. The van der Waals surface area contributed by atoms with Gasteiger partial charge < -0.3 is 64.2 Å².